The smallest absolute Gasteiger partial charge is 0.263 e. The zero-order valence-electron chi connectivity index (χ0n) is 11.5. The van der Waals surface area contributed by atoms with Crippen LogP contribution >= 0.6 is 11.3 Å². The number of hydrogen-bond donors (Lipinski definition) is 2. The maximum Gasteiger partial charge on any atom is 0.263 e. The minimum Gasteiger partial charge on any atom is -0.347 e. The summed E-state index contributed by atoms with van der Waals surface area (Å²) in [5.41, 5.74) is 0. The maximum absolute atomic E-state index is 12.3. The number of nitrogens with one attached hydrogen (secondary N) is 2. The molecule has 2 heterocycles. The maximum atomic E-state index is 12.3. The Labute approximate surface area is 123 Å². The lowest BCUT2D eigenvalue weighted by Gasteiger charge is -2.23. The molecule has 1 aliphatic rings. The van der Waals surface area contributed by atoms with E-state index in [1.807, 2.05) is 0 Å². The number of carbonyl (C=O) groups is 1. The summed E-state index contributed by atoms with van der Waals surface area (Å²) in [7, 11) is -0.667. The van der Waals surface area contributed by atoms with Gasteiger partial charge in [-0.05, 0) is 30.8 Å². The van der Waals surface area contributed by atoms with E-state index in [0.29, 0.717) is 0 Å². The molecule has 112 valence electrons. The van der Waals surface area contributed by atoms with Gasteiger partial charge in [0, 0.05) is 26.7 Å². The molecule has 0 radical (unpaired) electrons. The highest BCUT2D eigenvalue weighted by atomic mass is 32.2. The summed E-state index contributed by atoms with van der Waals surface area (Å²) in [4.78, 5) is 12.6. The van der Waals surface area contributed by atoms with E-state index in [4.69, 9.17) is 0 Å². The molecule has 20 heavy (non-hydrogen) atoms. The molecule has 2 rings (SSSR count). The van der Waals surface area contributed by atoms with Gasteiger partial charge in [-0.1, -0.05) is 0 Å². The molecule has 0 spiro atoms. The van der Waals surface area contributed by atoms with Crippen LogP contribution in [0.15, 0.2) is 16.3 Å². The summed E-state index contributed by atoms with van der Waals surface area (Å²) in [5.74, 6) is -0.311. The quantitative estimate of drug-likeness (QED) is 0.847. The lowest BCUT2D eigenvalue weighted by Crippen LogP contribution is -2.45. The Morgan fingerprint density at radius 3 is 2.85 bits per heavy atom. The first-order valence-corrected chi connectivity index (χ1v) is 8.76. The summed E-state index contributed by atoms with van der Waals surface area (Å²) < 4.78 is 25.4. The zero-order chi connectivity index (χ0) is 14.8. The number of nitrogens with zero attached hydrogens (tertiary/aromatic N) is 1. The highest BCUT2D eigenvalue weighted by Crippen LogP contribution is 2.24. The number of rotatable bonds is 4. The van der Waals surface area contributed by atoms with E-state index in [1.165, 1.54) is 20.2 Å². The highest BCUT2D eigenvalue weighted by molar-refractivity contribution is 7.89. The molecule has 1 aromatic heterocycles. The predicted molar refractivity (Wildman–Crippen MR) is 78.5 cm³/mol. The van der Waals surface area contributed by atoms with Gasteiger partial charge in [0.25, 0.3) is 5.91 Å². The van der Waals surface area contributed by atoms with Crippen molar-refractivity contribution in [3.63, 3.8) is 0 Å². The molecule has 1 aliphatic heterocycles. The van der Waals surface area contributed by atoms with Gasteiger partial charge in [0.05, 0.1) is 0 Å². The summed E-state index contributed by atoms with van der Waals surface area (Å²) in [6.07, 6.45) is 1.93. The first-order chi connectivity index (χ1) is 9.43. The molecule has 1 saturated heterocycles. The fourth-order valence-electron chi connectivity index (χ4n) is 2.09. The fraction of sp³-hybridized carbons (Fsp3) is 0.583. The first-order valence-electron chi connectivity index (χ1n) is 6.44. The minimum absolute atomic E-state index is 0.0632. The average molecular weight is 317 g/mol. The lowest BCUT2D eigenvalue weighted by atomic mass is 10.1. The highest BCUT2D eigenvalue weighted by Gasteiger charge is 2.27. The van der Waals surface area contributed by atoms with E-state index in [-0.39, 0.29) is 21.7 Å². The van der Waals surface area contributed by atoms with Crippen LogP contribution in [0.1, 0.15) is 22.5 Å². The van der Waals surface area contributed by atoms with Gasteiger partial charge in [0.15, 0.2) is 0 Å². The summed E-state index contributed by atoms with van der Waals surface area (Å²) in [5, 5.41) is 7.74. The van der Waals surface area contributed by atoms with Gasteiger partial charge < -0.3 is 10.6 Å². The Morgan fingerprint density at radius 2 is 2.25 bits per heavy atom. The number of piperidine rings is 1. The molecule has 1 atom stereocenters. The van der Waals surface area contributed by atoms with Crippen molar-refractivity contribution in [1.82, 2.24) is 14.9 Å². The van der Waals surface area contributed by atoms with Gasteiger partial charge in [0.1, 0.15) is 9.77 Å². The molecule has 1 fully saturated rings. The molecule has 8 heteroatoms. The van der Waals surface area contributed by atoms with Crippen LogP contribution in [0.5, 0.6) is 0 Å². The standard InChI is InChI=1S/C12H19N3O3S2/c1-15(2)20(17,18)10-5-7-19-11(10)12(16)14-9-4-3-6-13-8-9/h5,7,9,13H,3-4,6,8H2,1-2H3,(H,14,16)/t9-/m0/s1. The van der Waals surface area contributed by atoms with E-state index in [9.17, 15) is 13.2 Å². The molecule has 0 bridgehead atoms. The summed E-state index contributed by atoms with van der Waals surface area (Å²) in [6.45, 7) is 1.69. The van der Waals surface area contributed by atoms with Crippen LogP contribution < -0.4 is 10.6 Å². The van der Waals surface area contributed by atoms with Crippen LogP contribution in [0.4, 0.5) is 0 Å². The molecule has 0 unspecified atom stereocenters. The largest absolute Gasteiger partial charge is 0.347 e. The van der Waals surface area contributed by atoms with Crippen LogP contribution in [0.2, 0.25) is 0 Å². The SMILES string of the molecule is CN(C)S(=O)(=O)c1ccsc1C(=O)N[C@H]1CCCNC1. The number of carbonyl (C=O) groups excluding carboxylic acids is 1. The Balaban J connectivity index is 2.17. The van der Waals surface area contributed by atoms with Crippen molar-refractivity contribution >= 4 is 27.3 Å². The molecule has 0 aliphatic carbocycles. The molecule has 6 nitrogen and oxygen atoms in total. The summed E-state index contributed by atoms with van der Waals surface area (Å²) >= 11 is 1.15. The van der Waals surface area contributed by atoms with E-state index < -0.39 is 10.0 Å². The second-order valence-electron chi connectivity index (χ2n) is 4.92. The normalized spacial score (nSPS) is 20.1. The third-order valence-corrected chi connectivity index (χ3v) is 6.13. The third kappa shape index (κ3) is 3.20. The van der Waals surface area contributed by atoms with E-state index in [2.05, 4.69) is 10.6 Å². The molecule has 0 aromatic carbocycles. The van der Waals surface area contributed by atoms with Crippen molar-refractivity contribution in [3.8, 4) is 0 Å². The van der Waals surface area contributed by atoms with Crippen molar-refractivity contribution in [2.75, 3.05) is 27.2 Å². The van der Waals surface area contributed by atoms with E-state index >= 15 is 0 Å². The third-order valence-electron chi connectivity index (χ3n) is 3.23. The van der Waals surface area contributed by atoms with Crippen molar-refractivity contribution in [2.24, 2.45) is 0 Å². The molecule has 2 N–H and O–H groups in total. The average Bonchev–Trinajstić information content (AvgIpc) is 2.89. The lowest BCUT2D eigenvalue weighted by molar-refractivity contribution is 0.0931. The van der Waals surface area contributed by atoms with Crippen molar-refractivity contribution in [3.05, 3.63) is 16.3 Å². The second kappa shape index (κ2) is 6.21. The van der Waals surface area contributed by atoms with Gasteiger partial charge in [-0.3, -0.25) is 4.79 Å². The first kappa shape index (κ1) is 15.4. The van der Waals surface area contributed by atoms with Crippen LogP contribution in [-0.2, 0) is 10.0 Å². The molecular weight excluding hydrogens is 298 g/mol. The van der Waals surface area contributed by atoms with Gasteiger partial charge in [-0.2, -0.15) is 0 Å². The topological polar surface area (TPSA) is 78.5 Å². The molecule has 1 amide bonds. The van der Waals surface area contributed by atoms with Crippen LogP contribution in [0.3, 0.4) is 0 Å². The molecular formula is C12H19N3O3S2. The Bertz CT molecular complexity index is 575. The Hall–Kier alpha value is -0.960. The Morgan fingerprint density at radius 1 is 1.50 bits per heavy atom. The molecule has 1 aromatic rings. The number of hydrogen-bond acceptors (Lipinski definition) is 5. The van der Waals surface area contributed by atoms with Crippen molar-refractivity contribution in [1.29, 1.82) is 0 Å². The van der Waals surface area contributed by atoms with Gasteiger partial charge in [-0.25, -0.2) is 12.7 Å². The minimum atomic E-state index is -3.58. The fourth-order valence-corrected chi connectivity index (χ4v) is 4.29. The van der Waals surface area contributed by atoms with E-state index in [0.717, 1.165) is 41.6 Å². The predicted octanol–water partition coefficient (Wildman–Crippen LogP) is 0.480. The van der Waals surface area contributed by atoms with Crippen LogP contribution in [0.25, 0.3) is 0 Å². The van der Waals surface area contributed by atoms with Crippen molar-refractivity contribution < 1.29 is 13.2 Å². The second-order valence-corrected chi connectivity index (χ2v) is 7.95. The van der Waals surface area contributed by atoms with Gasteiger partial charge in [-0.15, -0.1) is 11.3 Å². The van der Waals surface area contributed by atoms with Crippen molar-refractivity contribution in [2.45, 2.75) is 23.8 Å². The number of thiophene rings is 1. The number of amides is 1. The van der Waals surface area contributed by atoms with E-state index in [1.54, 1.807) is 5.38 Å². The summed E-state index contributed by atoms with van der Waals surface area (Å²) in [6, 6.07) is 1.54. The van der Waals surface area contributed by atoms with Crippen LogP contribution in [0, 0.1) is 0 Å². The monoisotopic (exact) mass is 317 g/mol. The molecule has 0 saturated carbocycles. The van der Waals surface area contributed by atoms with Crippen LogP contribution in [-0.4, -0.2) is 51.9 Å². The number of sulfonamides is 1. The zero-order valence-corrected chi connectivity index (χ0v) is 13.2. The Kier molecular flexibility index (Phi) is 4.79. The van der Waals surface area contributed by atoms with Gasteiger partial charge in [0.2, 0.25) is 10.0 Å². The van der Waals surface area contributed by atoms with Gasteiger partial charge >= 0.3 is 0 Å².